The Morgan fingerprint density at radius 2 is 1.81 bits per heavy atom. The number of hydrogen-bond acceptors (Lipinski definition) is 4. The van der Waals surface area contributed by atoms with Crippen LogP contribution in [0.3, 0.4) is 0 Å². The van der Waals surface area contributed by atoms with Gasteiger partial charge in [0.25, 0.3) is 15.9 Å². The first-order valence-electron chi connectivity index (χ1n) is 8.22. The molecule has 0 aliphatic carbocycles. The van der Waals surface area contributed by atoms with E-state index in [1.165, 1.54) is 26.3 Å². The average molecular weight is 376 g/mol. The highest BCUT2D eigenvalue weighted by atomic mass is 32.2. The molecule has 140 valence electrons. The summed E-state index contributed by atoms with van der Waals surface area (Å²) in [6, 6.07) is 11.4. The number of sulfonamides is 1. The van der Waals surface area contributed by atoms with Crippen LogP contribution in [0.25, 0.3) is 0 Å². The number of hydrogen-bond donors (Lipinski definition) is 1. The van der Waals surface area contributed by atoms with Crippen LogP contribution in [-0.2, 0) is 10.0 Å². The number of anilines is 1. The minimum atomic E-state index is -3.85. The smallest absolute Gasteiger partial charge is 0.264 e. The largest absolute Gasteiger partial charge is 0.495 e. The third kappa shape index (κ3) is 3.99. The van der Waals surface area contributed by atoms with E-state index in [2.05, 4.69) is 5.32 Å². The fourth-order valence-corrected chi connectivity index (χ4v) is 3.76. The van der Waals surface area contributed by atoms with Gasteiger partial charge in [0.1, 0.15) is 5.75 Å². The molecule has 1 N–H and O–H groups in total. The summed E-state index contributed by atoms with van der Waals surface area (Å²) in [5, 5.41) is 2.79. The van der Waals surface area contributed by atoms with E-state index in [4.69, 9.17) is 4.74 Å². The van der Waals surface area contributed by atoms with Gasteiger partial charge >= 0.3 is 0 Å². The molecule has 0 heterocycles. The average Bonchev–Trinajstić information content (AvgIpc) is 2.60. The monoisotopic (exact) mass is 376 g/mol. The number of carbonyl (C=O) groups excluding carboxylic acids is 1. The van der Waals surface area contributed by atoms with Gasteiger partial charge in [0.15, 0.2) is 0 Å². The van der Waals surface area contributed by atoms with Gasteiger partial charge in [0, 0.05) is 18.7 Å². The summed E-state index contributed by atoms with van der Waals surface area (Å²) in [4.78, 5) is 12.4. The zero-order chi connectivity index (χ0) is 19.5. The standard InChI is InChI=1S/C19H24N2O4S/c1-13(2)20-19(22)16-12-15(11-10-14(16)3)26(23,24)21(4)17-8-6-7-9-18(17)25-5/h6-13H,1-5H3,(H,20,22). The van der Waals surface area contributed by atoms with Gasteiger partial charge in [0.2, 0.25) is 0 Å². The minimum absolute atomic E-state index is 0.0431. The van der Waals surface area contributed by atoms with E-state index < -0.39 is 10.0 Å². The number of methoxy groups -OCH3 is 1. The second-order valence-corrected chi connectivity index (χ2v) is 8.22. The number of nitrogens with zero attached hydrogens (tertiary/aromatic N) is 1. The predicted molar refractivity (Wildman–Crippen MR) is 102 cm³/mol. The van der Waals surface area contributed by atoms with Gasteiger partial charge in [-0.1, -0.05) is 18.2 Å². The maximum Gasteiger partial charge on any atom is 0.264 e. The summed E-state index contributed by atoms with van der Waals surface area (Å²) in [6.45, 7) is 5.47. The van der Waals surface area contributed by atoms with E-state index >= 15 is 0 Å². The number of benzene rings is 2. The lowest BCUT2D eigenvalue weighted by Crippen LogP contribution is -2.31. The number of nitrogens with one attached hydrogen (secondary N) is 1. The van der Waals surface area contributed by atoms with Crippen LogP contribution in [0.5, 0.6) is 5.75 Å². The second kappa shape index (κ2) is 7.78. The molecule has 0 aliphatic rings. The van der Waals surface area contributed by atoms with E-state index in [1.54, 1.807) is 37.3 Å². The van der Waals surface area contributed by atoms with Crippen molar-refractivity contribution in [3.63, 3.8) is 0 Å². The van der Waals surface area contributed by atoms with Crippen LogP contribution in [0.2, 0.25) is 0 Å². The van der Waals surface area contributed by atoms with Crippen molar-refractivity contribution in [2.45, 2.75) is 31.7 Å². The van der Waals surface area contributed by atoms with Crippen molar-refractivity contribution >= 4 is 21.6 Å². The topological polar surface area (TPSA) is 75.7 Å². The quantitative estimate of drug-likeness (QED) is 0.841. The SMILES string of the molecule is COc1ccccc1N(C)S(=O)(=O)c1ccc(C)c(C(=O)NC(C)C)c1. The van der Waals surface area contributed by atoms with Gasteiger partial charge in [0.05, 0.1) is 17.7 Å². The molecule has 0 radical (unpaired) electrons. The summed E-state index contributed by atoms with van der Waals surface area (Å²) in [6.07, 6.45) is 0. The van der Waals surface area contributed by atoms with Crippen LogP contribution in [0.15, 0.2) is 47.4 Å². The lowest BCUT2D eigenvalue weighted by Gasteiger charge is -2.22. The number of carbonyl (C=O) groups is 1. The van der Waals surface area contributed by atoms with Crippen molar-refractivity contribution in [2.75, 3.05) is 18.5 Å². The van der Waals surface area contributed by atoms with Crippen molar-refractivity contribution in [3.05, 3.63) is 53.6 Å². The minimum Gasteiger partial charge on any atom is -0.495 e. The molecule has 6 nitrogen and oxygen atoms in total. The molecule has 2 rings (SSSR count). The molecular formula is C19H24N2O4S. The van der Waals surface area contributed by atoms with Crippen molar-refractivity contribution < 1.29 is 17.9 Å². The van der Waals surface area contributed by atoms with Crippen LogP contribution >= 0.6 is 0 Å². The Balaban J connectivity index is 2.47. The lowest BCUT2D eigenvalue weighted by atomic mass is 10.1. The molecule has 7 heteroatoms. The van der Waals surface area contributed by atoms with E-state index in [1.807, 2.05) is 13.8 Å². The molecule has 2 aromatic carbocycles. The molecule has 0 unspecified atom stereocenters. The van der Waals surface area contributed by atoms with Crippen LogP contribution in [0.1, 0.15) is 29.8 Å². The zero-order valence-corrected chi connectivity index (χ0v) is 16.4. The lowest BCUT2D eigenvalue weighted by molar-refractivity contribution is 0.0942. The maximum absolute atomic E-state index is 13.0. The van der Waals surface area contributed by atoms with Crippen LogP contribution in [-0.4, -0.2) is 34.5 Å². The molecule has 0 saturated carbocycles. The molecule has 0 atom stereocenters. The first-order chi connectivity index (χ1) is 12.2. The number of amides is 1. The van der Waals surface area contributed by atoms with Crippen LogP contribution in [0.4, 0.5) is 5.69 Å². The third-order valence-corrected chi connectivity index (χ3v) is 5.72. The van der Waals surface area contributed by atoms with Crippen LogP contribution < -0.4 is 14.4 Å². The van der Waals surface area contributed by atoms with E-state index in [0.29, 0.717) is 22.6 Å². The number of para-hydroxylation sites is 2. The second-order valence-electron chi connectivity index (χ2n) is 6.25. The summed E-state index contributed by atoms with van der Waals surface area (Å²) >= 11 is 0. The number of rotatable bonds is 6. The van der Waals surface area contributed by atoms with Gasteiger partial charge in [-0.25, -0.2) is 8.42 Å². The molecule has 0 spiro atoms. The highest BCUT2D eigenvalue weighted by Crippen LogP contribution is 2.31. The van der Waals surface area contributed by atoms with E-state index in [-0.39, 0.29) is 16.8 Å². The Hall–Kier alpha value is -2.54. The summed E-state index contributed by atoms with van der Waals surface area (Å²) in [5.74, 6) is 0.151. The Morgan fingerprint density at radius 3 is 2.42 bits per heavy atom. The van der Waals surface area contributed by atoms with Gasteiger partial charge < -0.3 is 10.1 Å². The molecule has 0 saturated heterocycles. The number of ether oxygens (including phenoxy) is 1. The Labute approximate surface area is 154 Å². The summed E-state index contributed by atoms with van der Waals surface area (Å²) in [5.41, 5.74) is 1.47. The normalized spacial score (nSPS) is 11.3. The molecule has 0 bridgehead atoms. The Morgan fingerprint density at radius 1 is 1.15 bits per heavy atom. The Bertz CT molecular complexity index is 908. The van der Waals surface area contributed by atoms with Gasteiger partial charge in [-0.3, -0.25) is 9.10 Å². The highest BCUT2D eigenvalue weighted by molar-refractivity contribution is 7.92. The maximum atomic E-state index is 13.0. The molecular weight excluding hydrogens is 352 g/mol. The third-order valence-electron chi connectivity index (χ3n) is 3.96. The van der Waals surface area contributed by atoms with Crippen LogP contribution in [0, 0.1) is 6.92 Å². The molecule has 0 fully saturated rings. The fourth-order valence-electron chi connectivity index (χ4n) is 2.52. The molecule has 0 aromatic heterocycles. The molecule has 0 aliphatic heterocycles. The van der Waals surface area contributed by atoms with Gasteiger partial charge in [-0.15, -0.1) is 0 Å². The first-order valence-corrected chi connectivity index (χ1v) is 9.66. The Kier molecular flexibility index (Phi) is 5.92. The van der Waals surface area contributed by atoms with Crippen molar-refractivity contribution in [3.8, 4) is 5.75 Å². The molecule has 26 heavy (non-hydrogen) atoms. The number of aryl methyl sites for hydroxylation is 1. The van der Waals surface area contributed by atoms with Gasteiger partial charge in [-0.05, 0) is 50.6 Å². The first kappa shape index (κ1) is 19.8. The predicted octanol–water partition coefficient (Wildman–Crippen LogP) is 2.97. The van der Waals surface area contributed by atoms with Crippen molar-refractivity contribution in [1.29, 1.82) is 0 Å². The highest BCUT2D eigenvalue weighted by Gasteiger charge is 2.25. The fraction of sp³-hybridized carbons (Fsp3) is 0.316. The van der Waals surface area contributed by atoms with Gasteiger partial charge in [-0.2, -0.15) is 0 Å². The van der Waals surface area contributed by atoms with Crippen molar-refractivity contribution in [2.24, 2.45) is 0 Å². The summed E-state index contributed by atoms with van der Waals surface area (Å²) in [7, 11) is -0.908. The molecule has 1 amide bonds. The van der Waals surface area contributed by atoms with Crippen molar-refractivity contribution in [1.82, 2.24) is 5.32 Å². The van der Waals surface area contributed by atoms with E-state index in [0.717, 1.165) is 4.31 Å². The van der Waals surface area contributed by atoms with E-state index in [9.17, 15) is 13.2 Å². The molecule has 2 aromatic rings. The summed E-state index contributed by atoms with van der Waals surface area (Å²) < 4.78 is 32.5. The zero-order valence-electron chi connectivity index (χ0n) is 15.6.